The molecule has 162 valence electrons. The van der Waals surface area contributed by atoms with Crippen molar-refractivity contribution in [2.45, 2.75) is 18.1 Å². The van der Waals surface area contributed by atoms with Gasteiger partial charge in [-0.15, -0.1) is 0 Å². The molecule has 0 atom stereocenters. The predicted octanol–water partition coefficient (Wildman–Crippen LogP) is 3.87. The number of hydrogen-bond acceptors (Lipinski definition) is 6. The summed E-state index contributed by atoms with van der Waals surface area (Å²) < 4.78 is 5.43. The Hall–Kier alpha value is -2.19. The molecule has 1 fully saturated rings. The fourth-order valence-electron chi connectivity index (χ4n) is 3.47. The van der Waals surface area contributed by atoms with Crippen LogP contribution in [0.3, 0.4) is 0 Å². The number of nitrogens with zero attached hydrogens (tertiary/aromatic N) is 4. The van der Waals surface area contributed by atoms with E-state index in [9.17, 15) is 4.79 Å². The van der Waals surface area contributed by atoms with Gasteiger partial charge in [0.2, 0.25) is 5.91 Å². The zero-order valence-corrected chi connectivity index (χ0v) is 19.0. The van der Waals surface area contributed by atoms with Crippen LogP contribution in [0.1, 0.15) is 11.4 Å². The monoisotopic (exact) mass is 456 g/mol. The molecule has 1 aliphatic rings. The van der Waals surface area contributed by atoms with Crippen LogP contribution in [0.4, 0.5) is 0 Å². The molecule has 0 radical (unpaired) electrons. The molecule has 1 aliphatic heterocycles. The lowest BCUT2D eigenvalue weighted by Crippen LogP contribution is -2.36. The summed E-state index contributed by atoms with van der Waals surface area (Å²) in [5.41, 5.74) is 1.91. The topological polar surface area (TPSA) is 58.6 Å². The van der Waals surface area contributed by atoms with Crippen molar-refractivity contribution in [3.8, 4) is 0 Å². The first-order valence-corrected chi connectivity index (χ1v) is 11.6. The molecule has 8 heteroatoms. The highest BCUT2D eigenvalue weighted by molar-refractivity contribution is 8.00. The number of thioether (sulfide) groups is 1. The van der Waals surface area contributed by atoms with Crippen LogP contribution >= 0.6 is 23.4 Å². The molecule has 2 heterocycles. The molecule has 0 spiro atoms. The number of morpholine rings is 1. The van der Waals surface area contributed by atoms with Gasteiger partial charge in [0, 0.05) is 37.1 Å². The average molecular weight is 457 g/mol. The lowest BCUT2D eigenvalue weighted by atomic mass is 10.2. The highest BCUT2D eigenvalue weighted by Gasteiger charge is 2.16. The zero-order chi connectivity index (χ0) is 21.6. The van der Waals surface area contributed by atoms with E-state index in [0.29, 0.717) is 23.9 Å². The summed E-state index contributed by atoms with van der Waals surface area (Å²) in [6.45, 7) is 4.44. The zero-order valence-electron chi connectivity index (χ0n) is 17.5. The quantitative estimate of drug-likeness (QED) is 0.397. The van der Waals surface area contributed by atoms with E-state index >= 15 is 0 Å². The van der Waals surface area contributed by atoms with Gasteiger partial charge in [-0.3, -0.25) is 9.69 Å². The van der Waals surface area contributed by atoms with Gasteiger partial charge in [-0.25, -0.2) is 9.97 Å². The lowest BCUT2D eigenvalue weighted by Gasteiger charge is -2.26. The smallest absolute Gasteiger partial charge is 0.233 e. The second-order valence-electron chi connectivity index (χ2n) is 7.52. The Balaban J connectivity index is 1.45. The fraction of sp³-hybridized carbons (Fsp3) is 0.348. The molecule has 1 saturated heterocycles. The number of carbonyl (C=O) groups excluding carboxylic acids is 1. The lowest BCUT2D eigenvalue weighted by molar-refractivity contribution is -0.127. The Morgan fingerprint density at radius 3 is 2.77 bits per heavy atom. The van der Waals surface area contributed by atoms with Crippen molar-refractivity contribution in [2.24, 2.45) is 0 Å². The maximum absolute atomic E-state index is 12.8. The molecule has 0 bridgehead atoms. The summed E-state index contributed by atoms with van der Waals surface area (Å²) in [6, 6.07) is 15.5. The first kappa shape index (κ1) is 22.0. The van der Waals surface area contributed by atoms with Crippen LogP contribution in [0.2, 0.25) is 5.02 Å². The number of fused-ring (bicyclic) bond motifs is 1. The van der Waals surface area contributed by atoms with E-state index in [0.717, 1.165) is 53.6 Å². The summed E-state index contributed by atoms with van der Waals surface area (Å²) in [7, 11) is 1.81. The van der Waals surface area contributed by atoms with E-state index in [4.69, 9.17) is 26.3 Å². The van der Waals surface area contributed by atoms with Gasteiger partial charge in [-0.05, 0) is 23.8 Å². The number of para-hydroxylation sites is 1. The first-order chi connectivity index (χ1) is 15.1. The number of ether oxygens (including phenoxy) is 1. The third-order valence-corrected chi connectivity index (χ3v) is 6.36. The summed E-state index contributed by atoms with van der Waals surface area (Å²) in [4.78, 5) is 26.3. The van der Waals surface area contributed by atoms with Crippen LogP contribution < -0.4 is 0 Å². The number of rotatable bonds is 7. The molecule has 31 heavy (non-hydrogen) atoms. The van der Waals surface area contributed by atoms with Crippen molar-refractivity contribution in [1.82, 2.24) is 19.8 Å². The largest absolute Gasteiger partial charge is 0.379 e. The van der Waals surface area contributed by atoms with Gasteiger partial charge in [-0.1, -0.05) is 53.7 Å². The van der Waals surface area contributed by atoms with Crippen molar-refractivity contribution in [2.75, 3.05) is 39.1 Å². The molecule has 0 aliphatic carbocycles. The van der Waals surface area contributed by atoms with E-state index in [1.165, 1.54) is 11.8 Å². The summed E-state index contributed by atoms with van der Waals surface area (Å²) in [5, 5.41) is 2.50. The third kappa shape index (κ3) is 5.95. The minimum atomic E-state index is 0.0439. The molecule has 0 N–H and O–H groups in total. The second kappa shape index (κ2) is 10.4. The van der Waals surface area contributed by atoms with Crippen molar-refractivity contribution >= 4 is 40.2 Å². The molecule has 1 aromatic heterocycles. The van der Waals surface area contributed by atoms with Crippen LogP contribution in [-0.2, 0) is 22.6 Å². The van der Waals surface area contributed by atoms with Crippen LogP contribution in [0.15, 0.2) is 53.6 Å². The molecule has 3 aromatic rings. The van der Waals surface area contributed by atoms with Crippen molar-refractivity contribution < 1.29 is 9.53 Å². The van der Waals surface area contributed by atoms with Crippen LogP contribution in [-0.4, -0.2) is 64.8 Å². The van der Waals surface area contributed by atoms with Crippen LogP contribution in [0, 0.1) is 0 Å². The molecule has 1 amide bonds. The number of hydrogen-bond donors (Lipinski definition) is 0. The number of aromatic nitrogens is 2. The molecular weight excluding hydrogens is 432 g/mol. The summed E-state index contributed by atoms with van der Waals surface area (Å²) in [5.74, 6) is 1.14. The van der Waals surface area contributed by atoms with E-state index in [-0.39, 0.29) is 5.91 Å². The normalized spacial score (nSPS) is 14.6. The van der Waals surface area contributed by atoms with Gasteiger partial charge in [0.1, 0.15) is 10.9 Å². The Kier molecular flexibility index (Phi) is 7.40. The predicted molar refractivity (Wildman–Crippen MR) is 124 cm³/mol. The van der Waals surface area contributed by atoms with Crippen molar-refractivity contribution in [1.29, 1.82) is 0 Å². The summed E-state index contributed by atoms with van der Waals surface area (Å²) >= 11 is 7.52. The Labute approximate surface area is 191 Å². The van der Waals surface area contributed by atoms with Gasteiger partial charge in [0.15, 0.2) is 0 Å². The molecular formula is C23H25ClN4O2S. The molecule has 0 unspecified atom stereocenters. The Morgan fingerprint density at radius 1 is 1.16 bits per heavy atom. The van der Waals surface area contributed by atoms with E-state index in [2.05, 4.69) is 4.90 Å². The van der Waals surface area contributed by atoms with E-state index in [1.807, 2.05) is 55.6 Å². The summed E-state index contributed by atoms with van der Waals surface area (Å²) in [6.07, 6.45) is 0. The van der Waals surface area contributed by atoms with Gasteiger partial charge >= 0.3 is 0 Å². The number of benzene rings is 2. The van der Waals surface area contributed by atoms with Crippen LogP contribution in [0.25, 0.3) is 10.9 Å². The van der Waals surface area contributed by atoms with Gasteiger partial charge in [0.05, 0.1) is 31.0 Å². The van der Waals surface area contributed by atoms with Crippen LogP contribution in [0.5, 0.6) is 0 Å². The SMILES string of the molecule is CN(Cc1cccc(Cl)c1)C(=O)CSc1nc(CN2CCOCC2)nc2ccccc12. The number of amides is 1. The maximum Gasteiger partial charge on any atom is 0.233 e. The highest BCUT2D eigenvalue weighted by atomic mass is 35.5. The maximum atomic E-state index is 12.8. The number of halogens is 1. The third-order valence-electron chi connectivity index (χ3n) is 5.15. The fourth-order valence-corrected chi connectivity index (χ4v) is 4.66. The van der Waals surface area contributed by atoms with Gasteiger partial charge in [-0.2, -0.15) is 0 Å². The molecule has 4 rings (SSSR count). The van der Waals surface area contributed by atoms with E-state index in [1.54, 1.807) is 4.90 Å². The molecule has 2 aromatic carbocycles. The van der Waals surface area contributed by atoms with Crippen molar-refractivity contribution in [3.05, 3.63) is 64.9 Å². The average Bonchev–Trinajstić information content (AvgIpc) is 2.78. The number of carbonyl (C=O) groups is 1. The van der Waals surface area contributed by atoms with Gasteiger partial charge < -0.3 is 9.64 Å². The minimum absolute atomic E-state index is 0.0439. The van der Waals surface area contributed by atoms with E-state index < -0.39 is 0 Å². The Morgan fingerprint density at radius 2 is 1.97 bits per heavy atom. The Bertz CT molecular complexity index is 1060. The van der Waals surface area contributed by atoms with Crippen molar-refractivity contribution in [3.63, 3.8) is 0 Å². The molecule has 6 nitrogen and oxygen atoms in total. The first-order valence-electron chi connectivity index (χ1n) is 10.3. The minimum Gasteiger partial charge on any atom is -0.379 e. The second-order valence-corrected chi connectivity index (χ2v) is 8.92. The van der Waals surface area contributed by atoms with Gasteiger partial charge in [0.25, 0.3) is 0 Å². The highest BCUT2D eigenvalue weighted by Crippen LogP contribution is 2.26. The standard InChI is InChI=1S/C23H25ClN4O2S/c1-27(14-17-5-4-6-18(24)13-17)22(29)16-31-23-19-7-2-3-8-20(19)25-21(26-23)15-28-9-11-30-12-10-28/h2-8,13H,9-12,14-16H2,1H3. The molecule has 0 saturated carbocycles.